The first kappa shape index (κ1) is 32.4. The largest absolute Gasteiger partial charge is 0.393 e. The van der Waals surface area contributed by atoms with E-state index in [1.165, 1.54) is 11.1 Å². The summed E-state index contributed by atoms with van der Waals surface area (Å²) in [5, 5.41) is 22.0. The van der Waals surface area contributed by atoms with E-state index < -0.39 is 12.2 Å². The summed E-state index contributed by atoms with van der Waals surface area (Å²) in [6.07, 6.45) is 14.9. The zero-order chi connectivity index (χ0) is 33.1. The highest BCUT2D eigenvalue weighted by atomic mass is 16.3. The number of ketones is 4. The summed E-state index contributed by atoms with van der Waals surface area (Å²) in [4.78, 5) is 49.0. The predicted octanol–water partition coefficient (Wildman–Crippen LogP) is 6.38. The van der Waals surface area contributed by atoms with Crippen LogP contribution >= 0.6 is 0 Å². The Morgan fingerprint density at radius 3 is 1.78 bits per heavy atom. The molecule has 0 bridgehead atoms. The first-order valence-corrected chi connectivity index (χ1v) is 18.2. The zero-order valence-corrected chi connectivity index (χ0v) is 28.7. The van der Waals surface area contributed by atoms with Crippen LogP contribution in [-0.4, -0.2) is 45.6 Å². The minimum atomic E-state index is -0.470. The van der Waals surface area contributed by atoms with Gasteiger partial charge in [-0.05, 0) is 111 Å². The third kappa shape index (κ3) is 4.40. The Morgan fingerprint density at radius 2 is 1.20 bits per heavy atom. The summed E-state index contributed by atoms with van der Waals surface area (Å²) in [6.45, 7) is 12.7. The Kier molecular flexibility index (Phi) is 7.50. The minimum absolute atomic E-state index is 0.0492. The maximum atomic E-state index is 12.7. The maximum absolute atomic E-state index is 12.7. The fourth-order valence-corrected chi connectivity index (χ4v) is 13.2. The number of hydrogen-bond donors (Lipinski definition) is 2. The van der Waals surface area contributed by atoms with Gasteiger partial charge in [0.15, 0.2) is 11.6 Å². The van der Waals surface area contributed by atoms with Crippen molar-refractivity contribution in [2.75, 3.05) is 0 Å². The molecule has 0 radical (unpaired) electrons. The van der Waals surface area contributed by atoms with Crippen LogP contribution in [0.15, 0.2) is 35.5 Å². The second kappa shape index (κ2) is 10.7. The fraction of sp³-hybridized carbons (Fsp3) is 0.750. The third-order valence-electron chi connectivity index (χ3n) is 15.4. The molecule has 0 heterocycles. The summed E-state index contributed by atoms with van der Waals surface area (Å²) in [5.74, 6) is 3.20. The molecule has 8 aliphatic rings. The molecule has 250 valence electrons. The van der Waals surface area contributed by atoms with Crippen molar-refractivity contribution in [2.45, 2.75) is 118 Å². The summed E-state index contributed by atoms with van der Waals surface area (Å²) in [5.41, 5.74) is 1.47. The molecule has 0 unspecified atom stereocenters. The Hall–Kier alpha value is -2.18. The van der Waals surface area contributed by atoms with Gasteiger partial charge < -0.3 is 10.2 Å². The molecular formula is C40H54O6. The molecule has 6 heteroatoms. The second-order valence-electron chi connectivity index (χ2n) is 17.8. The number of aliphatic hydroxyl groups excluding tert-OH is 2. The van der Waals surface area contributed by atoms with E-state index in [2.05, 4.69) is 34.6 Å². The van der Waals surface area contributed by atoms with Crippen LogP contribution in [0.1, 0.15) is 106 Å². The van der Waals surface area contributed by atoms with E-state index >= 15 is 0 Å². The van der Waals surface area contributed by atoms with Crippen molar-refractivity contribution in [1.82, 2.24) is 0 Å². The predicted molar refractivity (Wildman–Crippen MR) is 175 cm³/mol. The molecule has 6 saturated carbocycles. The monoisotopic (exact) mass is 630 g/mol. The smallest absolute Gasteiger partial charge is 0.178 e. The van der Waals surface area contributed by atoms with Gasteiger partial charge in [-0.3, -0.25) is 19.2 Å². The standard InChI is InChI=1S/C20H28O3.C20H26O3/c2*1-11-8-15-14-5-4-12-9-13(21)6-7-19(12,2)17(14)16(22)10-20(15,3)18(11)23/h9,11,14-17,22H,4-8,10H2,1-3H3;6-7,9,11,14-17,22H,4-5,8,10H2,1-3H3/t2*11-,14-,15-,16-,17+,19-,20-/m00/s1. The highest BCUT2D eigenvalue weighted by Crippen LogP contribution is 2.66. The molecular weight excluding hydrogens is 576 g/mol. The van der Waals surface area contributed by atoms with Gasteiger partial charge >= 0.3 is 0 Å². The lowest BCUT2D eigenvalue weighted by atomic mass is 9.46. The highest BCUT2D eigenvalue weighted by Gasteiger charge is 2.64. The molecule has 0 aromatic rings. The molecule has 6 fully saturated rings. The van der Waals surface area contributed by atoms with Crippen LogP contribution in [0.3, 0.4) is 0 Å². The lowest BCUT2D eigenvalue weighted by molar-refractivity contribution is -0.147. The number of rotatable bonds is 0. The van der Waals surface area contributed by atoms with Crippen molar-refractivity contribution in [3.05, 3.63) is 35.5 Å². The Bertz CT molecular complexity index is 1460. The normalized spacial score (nSPS) is 52.2. The van der Waals surface area contributed by atoms with Crippen molar-refractivity contribution >= 4 is 23.1 Å². The van der Waals surface area contributed by atoms with Crippen LogP contribution in [0, 0.1) is 69.0 Å². The number of carbonyl (C=O) groups excluding carboxylic acids is 4. The molecule has 14 atom stereocenters. The molecule has 0 aromatic heterocycles. The maximum Gasteiger partial charge on any atom is 0.178 e. The van der Waals surface area contributed by atoms with Gasteiger partial charge in [-0.1, -0.05) is 58.8 Å². The van der Waals surface area contributed by atoms with Crippen molar-refractivity contribution in [1.29, 1.82) is 0 Å². The van der Waals surface area contributed by atoms with E-state index in [1.54, 1.807) is 12.2 Å². The van der Waals surface area contributed by atoms with Gasteiger partial charge in [-0.25, -0.2) is 0 Å². The Balaban J connectivity index is 0.000000147. The van der Waals surface area contributed by atoms with E-state index in [4.69, 9.17) is 0 Å². The summed E-state index contributed by atoms with van der Waals surface area (Å²) in [7, 11) is 0. The lowest BCUT2D eigenvalue weighted by Gasteiger charge is -2.58. The van der Waals surface area contributed by atoms with Gasteiger partial charge in [-0.2, -0.15) is 0 Å². The third-order valence-corrected chi connectivity index (χ3v) is 15.4. The van der Waals surface area contributed by atoms with Crippen molar-refractivity contribution in [3.63, 3.8) is 0 Å². The van der Waals surface area contributed by atoms with Gasteiger partial charge in [0, 0.05) is 40.4 Å². The minimum Gasteiger partial charge on any atom is -0.393 e. The molecule has 46 heavy (non-hydrogen) atoms. The van der Waals surface area contributed by atoms with Crippen LogP contribution in [0.4, 0.5) is 0 Å². The van der Waals surface area contributed by atoms with Crippen LogP contribution in [0.2, 0.25) is 0 Å². The highest BCUT2D eigenvalue weighted by molar-refractivity contribution is 6.01. The zero-order valence-electron chi connectivity index (χ0n) is 28.7. The van der Waals surface area contributed by atoms with Gasteiger partial charge in [-0.15, -0.1) is 0 Å². The number of aliphatic hydroxyl groups is 2. The number of carbonyl (C=O) groups is 4. The van der Waals surface area contributed by atoms with E-state index in [-0.39, 0.29) is 56.9 Å². The lowest BCUT2D eigenvalue weighted by Crippen LogP contribution is -2.56. The number of hydrogen-bond acceptors (Lipinski definition) is 6. The van der Waals surface area contributed by atoms with Crippen molar-refractivity contribution < 1.29 is 29.4 Å². The van der Waals surface area contributed by atoms with Gasteiger partial charge in [0.1, 0.15) is 11.6 Å². The topological polar surface area (TPSA) is 109 Å². The van der Waals surface area contributed by atoms with Gasteiger partial charge in [0.25, 0.3) is 0 Å². The van der Waals surface area contributed by atoms with Crippen molar-refractivity contribution in [3.8, 4) is 0 Å². The molecule has 0 aromatic carbocycles. The number of allylic oxidation sites excluding steroid dienone is 5. The summed E-state index contributed by atoms with van der Waals surface area (Å²) in [6, 6.07) is 0. The number of Topliss-reactive ketones (excluding diaryl/α,β-unsaturated/α-hetero) is 2. The summed E-state index contributed by atoms with van der Waals surface area (Å²) >= 11 is 0. The SMILES string of the molecule is C[C@H]1C[C@H]2[C@@H]3CCC4=CC(=O)C=C[C@]4(C)[C@H]3[C@@H](O)C[C@]2(C)C1=O.C[C@H]1C[C@H]2[C@@H]3CCC4=CC(=O)CC[C@]4(C)[C@H]3[C@@H](O)C[C@]2(C)C1=O. The van der Waals surface area contributed by atoms with Crippen LogP contribution in [0.25, 0.3) is 0 Å². The van der Waals surface area contributed by atoms with Gasteiger partial charge in [0.2, 0.25) is 0 Å². The van der Waals surface area contributed by atoms with Gasteiger partial charge in [0.05, 0.1) is 12.2 Å². The molecule has 0 aliphatic heterocycles. The average Bonchev–Trinajstić information content (AvgIpc) is 3.36. The Morgan fingerprint density at radius 1 is 0.674 bits per heavy atom. The molecule has 6 nitrogen and oxygen atoms in total. The molecule has 8 aliphatic carbocycles. The van der Waals surface area contributed by atoms with Crippen LogP contribution in [-0.2, 0) is 19.2 Å². The second-order valence-corrected chi connectivity index (χ2v) is 17.8. The first-order valence-electron chi connectivity index (χ1n) is 18.2. The van der Waals surface area contributed by atoms with E-state index in [0.717, 1.165) is 44.9 Å². The van der Waals surface area contributed by atoms with E-state index in [0.29, 0.717) is 54.5 Å². The summed E-state index contributed by atoms with van der Waals surface area (Å²) < 4.78 is 0. The fourth-order valence-electron chi connectivity index (χ4n) is 13.2. The molecule has 0 spiro atoms. The molecule has 0 amide bonds. The van der Waals surface area contributed by atoms with E-state index in [1.807, 2.05) is 19.1 Å². The quantitative estimate of drug-likeness (QED) is 0.321. The molecule has 8 rings (SSSR count). The first-order chi connectivity index (χ1) is 21.5. The Labute approximate surface area is 274 Å². The average molecular weight is 631 g/mol. The van der Waals surface area contributed by atoms with Crippen LogP contribution in [0.5, 0.6) is 0 Å². The van der Waals surface area contributed by atoms with E-state index in [9.17, 15) is 29.4 Å². The molecule has 0 saturated heterocycles. The molecule has 2 N–H and O–H groups in total. The number of fused-ring (bicyclic) bond motifs is 10. The van der Waals surface area contributed by atoms with Crippen molar-refractivity contribution in [2.24, 2.45) is 69.0 Å². The van der Waals surface area contributed by atoms with Crippen LogP contribution < -0.4 is 0 Å².